The molecule has 0 aliphatic heterocycles. The van der Waals surface area contributed by atoms with Crippen molar-refractivity contribution in [3.05, 3.63) is 74.7 Å². The molecule has 0 saturated heterocycles. The van der Waals surface area contributed by atoms with Crippen molar-refractivity contribution in [3.63, 3.8) is 0 Å². The first-order valence-electron chi connectivity index (χ1n) is 9.55. The number of halogens is 4. The number of benzene rings is 2. The van der Waals surface area contributed by atoms with Crippen molar-refractivity contribution < 1.29 is 27.4 Å². The van der Waals surface area contributed by atoms with Crippen LogP contribution in [0.25, 0.3) is 0 Å². The summed E-state index contributed by atoms with van der Waals surface area (Å²) in [5, 5.41) is 5.69. The fourth-order valence-electron chi connectivity index (χ4n) is 2.86. The molecule has 32 heavy (non-hydrogen) atoms. The number of amides is 1. The average Bonchev–Trinajstić information content (AvgIpc) is 3.15. The number of nitrogens with one attached hydrogen (secondary N) is 1. The molecule has 0 aliphatic rings. The average molecular weight is 485 g/mol. The molecule has 0 spiro atoms. The van der Waals surface area contributed by atoms with Crippen LogP contribution in [0.2, 0.25) is 5.02 Å². The summed E-state index contributed by atoms with van der Waals surface area (Å²) in [7, 11) is 1.48. The zero-order valence-electron chi connectivity index (χ0n) is 17.0. The fourth-order valence-corrected chi connectivity index (χ4v) is 3.90. The number of nitrogens with zero attached hydrogens (tertiary/aromatic N) is 1. The zero-order valence-corrected chi connectivity index (χ0v) is 18.6. The lowest BCUT2D eigenvalue weighted by atomic mass is 10.1. The molecule has 2 aromatic carbocycles. The Morgan fingerprint density at radius 1 is 1.19 bits per heavy atom. The maximum Gasteiger partial charge on any atom is 0.416 e. The van der Waals surface area contributed by atoms with Gasteiger partial charge in [0, 0.05) is 23.9 Å². The van der Waals surface area contributed by atoms with Gasteiger partial charge in [0.2, 0.25) is 5.91 Å². The first kappa shape index (κ1) is 24.0. The van der Waals surface area contributed by atoms with E-state index in [9.17, 15) is 18.0 Å². The highest BCUT2D eigenvalue weighted by atomic mass is 35.5. The van der Waals surface area contributed by atoms with Crippen LogP contribution in [0.1, 0.15) is 21.8 Å². The van der Waals surface area contributed by atoms with E-state index in [0.717, 1.165) is 22.7 Å². The van der Waals surface area contributed by atoms with Crippen molar-refractivity contribution in [2.75, 3.05) is 25.6 Å². The Bertz CT molecular complexity index is 1070. The lowest BCUT2D eigenvalue weighted by Crippen LogP contribution is -2.17. The predicted molar refractivity (Wildman–Crippen MR) is 118 cm³/mol. The minimum Gasteiger partial charge on any atom is -0.489 e. The molecule has 0 fully saturated rings. The number of rotatable bonds is 9. The van der Waals surface area contributed by atoms with Gasteiger partial charge in [-0.25, -0.2) is 4.98 Å². The van der Waals surface area contributed by atoms with Gasteiger partial charge < -0.3 is 14.8 Å². The van der Waals surface area contributed by atoms with Crippen LogP contribution >= 0.6 is 22.9 Å². The quantitative estimate of drug-likeness (QED) is 0.401. The number of methoxy groups -OCH3 is 1. The topological polar surface area (TPSA) is 60.5 Å². The van der Waals surface area contributed by atoms with E-state index in [2.05, 4.69) is 10.3 Å². The number of carbonyl (C=O) groups is 1. The van der Waals surface area contributed by atoms with Gasteiger partial charge in [-0.15, -0.1) is 11.3 Å². The molecule has 0 aliphatic carbocycles. The Labute approximate surface area is 192 Å². The maximum atomic E-state index is 13.1. The van der Waals surface area contributed by atoms with Crippen LogP contribution in [0.4, 0.5) is 18.9 Å². The Morgan fingerprint density at radius 3 is 2.72 bits per heavy atom. The molecule has 5 nitrogen and oxygen atoms in total. The van der Waals surface area contributed by atoms with E-state index in [1.807, 2.05) is 18.2 Å². The summed E-state index contributed by atoms with van der Waals surface area (Å²) in [6.45, 7) is 0.381. The van der Waals surface area contributed by atoms with Crippen LogP contribution in [-0.2, 0) is 28.5 Å². The van der Waals surface area contributed by atoms with Crippen molar-refractivity contribution in [1.29, 1.82) is 0 Å². The summed E-state index contributed by atoms with van der Waals surface area (Å²) in [6, 6.07) is 10.3. The minimum absolute atomic E-state index is 0.0599. The van der Waals surface area contributed by atoms with Crippen molar-refractivity contribution in [2.45, 2.75) is 19.0 Å². The summed E-state index contributed by atoms with van der Waals surface area (Å²) in [6.07, 6.45) is -4.06. The second kappa shape index (κ2) is 10.8. The van der Waals surface area contributed by atoms with Crippen molar-refractivity contribution in [3.8, 4) is 5.75 Å². The molecule has 1 aromatic heterocycles. The summed E-state index contributed by atoms with van der Waals surface area (Å²) in [5.74, 6) is -0.371. The van der Waals surface area contributed by atoms with E-state index in [1.54, 1.807) is 11.4 Å². The molecule has 0 unspecified atom stereocenters. The van der Waals surface area contributed by atoms with Gasteiger partial charge in [0.15, 0.2) is 0 Å². The van der Waals surface area contributed by atoms with Crippen LogP contribution in [-0.4, -0.2) is 31.2 Å². The highest BCUT2D eigenvalue weighted by Crippen LogP contribution is 2.35. The van der Waals surface area contributed by atoms with Crippen molar-refractivity contribution in [2.24, 2.45) is 0 Å². The van der Waals surface area contributed by atoms with Crippen LogP contribution in [0.15, 0.2) is 47.8 Å². The van der Waals surface area contributed by atoms with Crippen LogP contribution < -0.4 is 10.1 Å². The standard InChI is InChI=1S/C22H20ClF3N2O3S/c1-30-7-8-31-19-6-5-15(22(24,25)26)11-18(19)28-20(29)12-17-13-32-21(27-17)10-14-3-2-4-16(23)9-14/h2-6,9,11,13H,7-8,10,12H2,1H3,(H,28,29). The van der Waals surface area contributed by atoms with Crippen molar-refractivity contribution in [1.82, 2.24) is 4.98 Å². The van der Waals surface area contributed by atoms with E-state index in [-0.39, 0.29) is 31.1 Å². The molecule has 1 N–H and O–H groups in total. The lowest BCUT2D eigenvalue weighted by Gasteiger charge is -2.15. The second-order valence-electron chi connectivity index (χ2n) is 6.81. The van der Waals surface area contributed by atoms with Gasteiger partial charge in [-0.05, 0) is 35.9 Å². The lowest BCUT2D eigenvalue weighted by molar-refractivity contribution is -0.137. The van der Waals surface area contributed by atoms with Gasteiger partial charge >= 0.3 is 6.18 Å². The largest absolute Gasteiger partial charge is 0.489 e. The molecule has 3 rings (SSSR count). The monoisotopic (exact) mass is 484 g/mol. The second-order valence-corrected chi connectivity index (χ2v) is 8.19. The highest BCUT2D eigenvalue weighted by molar-refractivity contribution is 7.09. The number of ether oxygens (including phenoxy) is 2. The summed E-state index contributed by atoms with van der Waals surface area (Å²) in [5.41, 5.74) is 0.572. The van der Waals surface area contributed by atoms with Gasteiger partial charge in [-0.3, -0.25) is 4.79 Å². The Hall–Kier alpha value is -2.62. The summed E-state index contributed by atoms with van der Waals surface area (Å²) >= 11 is 7.40. The normalized spacial score (nSPS) is 11.4. The Kier molecular flexibility index (Phi) is 8.11. The number of carbonyl (C=O) groups excluding carboxylic acids is 1. The molecule has 1 heterocycles. The van der Waals surface area contributed by atoms with Crippen LogP contribution in [0.5, 0.6) is 5.75 Å². The van der Waals surface area contributed by atoms with Gasteiger partial charge in [0.05, 0.1) is 35.0 Å². The van der Waals surface area contributed by atoms with Gasteiger partial charge in [-0.2, -0.15) is 13.2 Å². The Balaban J connectivity index is 1.69. The number of alkyl halides is 3. The first-order valence-corrected chi connectivity index (χ1v) is 10.8. The molecule has 0 atom stereocenters. The molecular formula is C22H20ClF3N2O3S. The third kappa shape index (κ3) is 6.94. The maximum absolute atomic E-state index is 13.1. The van der Waals surface area contributed by atoms with Crippen LogP contribution in [0, 0.1) is 0 Å². The third-order valence-corrected chi connectivity index (χ3v) is 5.44. The fraction of sp³-hybridized carbons (Fsp3) is 0.273. The van der Waals surface area contributed by atoms with E-state index in [4.69, 9.17) is 21.1 Å². The predicted octanol–water partition coefficient (Wildman–Crippen LogP) is 5.61. The molecule has 0 bridgehead atoms. The summed E-state index contributed by atoms with van der Waals surface area (Å²) in [4.78, 5) is 17.0. The number of thiazole rings is 1. The van der Waals surface area contributed by atoms with Gasteiger partial charge in [0.25, 0.3) is 0 Å². The molecule has 10 heteroatoms. The number of anilines is 1. The van der Waals surface area contributed by atoms with E-state index >= 15 is 0 Å². The molecular weight excluding hydrogens is 465 g/mol. The SMILES string of the molecule is COCCOc1ccc(C(F)(F)F)cc1NC(=O)Cc1csc(Cc2cccc(Cl)c2)n1. The third-order valence-electron chi connectivity index (χ3n) is 4.31. The van der Waals surface area contributed by atoms with Crippen molar-refractivity contribution >= 4 is 34.5 Å². The molecule has 0 saturated carbocycles. The molecule has 170 valence electrons. The minimum atomic E-state index is -4.55. The smallest absolute Gasteiger partial charge is 0.416 e. The van der Waals surface area contributed by atoms with Gasteiger partial charge in [0.1, 0.15) is 12.4 Å². The number of hydrogen-bond donors (Lipinski definition) is 1. The molecule has 0 radical (unpaired) electrons. The molecule has 3 aromatic rings. The van der Waals surface area contributed by atoms with E-state index in [0.29, 0.717) is 17.1 Å². The Morgan fingerprint density at radius 2 is 2.00 bits per heavy atom. The summed E-state index contributed by atoms with van der Waals surface area (Å²) < 4.78 is 49.7. The number of hydrogen-bond acceptors (Lipinski definition) is 5. The van der Waals surface area contributed by atoms with E-state index in [1.165, 1.54) is 24.5 Å². The van der Waals surface area contributed by atoms with Crippen LogP contribution in [0.3, 0.4) is 0 Å². The van der Waals surface area contributed by atoms with E-state index < -0.39 is 17.6 Å². The highest BCUT2D eigenvalue weighted by Gasteiger charge is 2.31. The molecule has 1 amide bonds. The zero-order chi connectivity index (χ0) is 23.1. The number of aromatic nitrogens is 1. The first-order chi connectivity index (χ1) is 15.2. The van der Waals surface area contributed by atoms with Gasteiger partial charge in [-0.1, -0.05) is 23.7 Å².